The highest BCUT2D eigenvalue weighted by molar-refractivity contribution is 5.71. The molecule has 0 radical (unpaired) electrons. The molecule has 2 aliphatic rings. The summed E-state index contributed by atoms with van der Waals surface area (Å²) >= 11 is 0. The Hall–Kier alpha value is -1.03. The van der Waals surface area contributed by atoms with Gasteiger partial charge in [0.05, 0.1) is 0 Å². The molecule has 4 N–H and O–H groups in total. The van der Waals surface area contributed by atoms with Crippen molar-refractivity contribution in [2.45, 2.75) is 18.9 Å². The van der Waals surface area contributed by atoms with Gasteiger partial charge in [-0.25, -0.2) is 4.79 Å². The van der Waals surface area contributed by atoms with Crippen LogP contribution in [0.4, 0.5) is 4.79 Å². The lowest BCUT2D eigenvalue weighted by Crippen LogP contribution is -2.50. The molecule has 0 spiro atoms. The Labute approximate surface area is 83.9 Å². The van der Waals surface area contributed by atoms with Crippen LogP contribution in [0.1, 0.15) is 12.8 Å². The van der Waals surface area contributed by atoms with Crippen LogP contribution >= 0.6 is 0 Å². The topological polar surface area (TPSA) is 67.2 Å². The average Bonchev–Trinajstić information content (AvgIpc) is 2.46. The first-order chi connectivity index (χ1) is 6.77. The third-order valence-electron chi connectivity index (χ3n) is 3.19. The fourth-order valence-electron chi connectivity index (χ4n) is 2.39. The van der Waals surface area contributed by atoms with Crippen molar-refractivity contribution < 1.29 is 4.79 Å². The number of nitrogens with one attached hydrogen (secondary N) is 2. The van der Waals surface area contributed by atoms with Gasteiger partial charge in [0, 0.05) is 19.1 Å². The molecule has 2 aliphatic carbocycles. The Morgan fingerprint density at radius 1 is 1.50 bits per heavy atom. The minimum Gasteiger partial charge on any atom is -0.352 e. The number of hydrogen-bond donors (Lipinski definition) is 3. The summed E-state index contributed by atoms with van der Waals surface area (Å²) in [6.07, 6.45) is 7.11. The summed E-state index contributed by atoms with van der Waals surface area (Å²) in [5.74, 6) is 1.63. The van der Waals surface area contributed by atoms with E-state index in [9.17, 15) is 4.79 Å². The minimum atomic E-state index is -0.445. The van der Waals surface area contributed by atoms with Crippen molar-refractivity contribution >= 4 is 6.03 Å². The van der Waals surface area contributed by atoms with E-state index in [2.05, 4.69) is 22.8 Å². The smallest absolute Gasteiger partial charge is 0.312 e. The largest absolute Gasteiger partial charge is 0.352 e. The number of primary amides is 1. The van der Waals surface area contributed by atoms with Crippen LogP contribution in [0.25, 0.3) is 0 Å². The van der Waals surface area contributed by atoms with E-state index in [0.717, 1.165) is 18.4 Å². The maximum Gasteiger partial charge on any atom is 0.312 e. The summed E-state index contributed by atoms with van der Waals surface area (Å²) in [6.45, 7) is 1.43. The van der Waals surface area contributed by atoms with Gasteiger partial charge in [-0.3, -0.25) is 0 Å². The fourth-order valence-corrected chi connectivity index (χ4v) is 2.39. The molecular weight excluding hydrogens is 178 g/mol. The quantitative estimate of drug-likeness (QED) is 0.443. The van der Waals surface area contributed by atoms with Crippen LogP contribution < -0.4 is 16.4 Å². The van der Waals surface area contributed by atoms with Gasteiger partial charge in [0.2, 0.25) is 0 Å². The van der Waals surface area contributed by atoms with Crippen LogP contribution in [0.15, 0.2) is 12.2 Å². The zero-order chi connectivity index (χ0) is 9.97. The predicted molar refractivity (Wildman–Crippen MR) is 54.7 cm³/mol. The second-order valence-electron chi connectivity index (χ2n) is 4.09. The van der Waals surface area contributed by atoms with Crippen LogP contribution in [0.2, 0.25) is 0 Å². The van der Waals surface area contributed by atoms with Crippen LogP contribution in [-0.4, -0.2) is 25.2 Å². The van der Waals surface area contributed by atoms with Gasteiger partial charge in [-0.15, -0.1) is 0 Å². The molecule has 0 aliphatic heterocycles. The van der Waals surface area contributed by atoms with Crippen LogP contribution in [0, 0.1) is 11.8 Å². The highest BCUT2D eigenvalue weighted by atomic mass is 16.2. The molecule has 3 unspecified atom stereocenters. The van der Waals surface area contributed by atoms with Crippen LogP contribution in [0.3, 0.4) is 0 Å². The molecule has 3 atom stereocenters. The number of rotatable bonds is 4. The molecule has 0 aromatic rings. The van der Waals surface area contributed by atoms with Crippen LogP contribution in [0.5, 0.6) is 0 Å². The summed E-state index contributed by atoms with van der Waals surface area (Å²) in [4.78, 5) is 10.4. The molecule has 4 nitrogen and oxygen atoms in total. The normalized spacial score (nSPS) is 33.6. The maximum atomic E-state index is 10.4. The number of allylic oxidation sites excluding steroid dienone is 1. The van der Waals surface area contributed by atoms with Crippen molar-refractivity contribution in [3.8, 4) is 0 Å². The van der Waals surface area contributed by atoms with Crippen molar-refractivity contribution in [1.29, 1.82) is 0 Å². The van der Waals surface area contributed by atoms with Gasteiger partial charge in [-0.05, 0) is 24.7 Å². The van der Waals surface area contributed by atoms with E-state index in [4.69, 9.17) is 5.73 Å². The highest BCUT2D eigenvalue weighted by Gasteiger charge is 2.40. The Morgan fingerprint density at radius 2 is 2.36 bits per heavy atom. The maximum absolute atomic E-state index is 10.4. The van der Waals surface area contributed by atoms with Gasteiger partial charge in [0.15, 0.2) is 0 Å². The fraction of sp³-hybridized carbons (Fsp3) is 0.700. The molecule has 1 fully saturated rings. The lowest BCUT2D eigenvalue weighted by atomic mass is 9.71. The zero-order valence-electron chi connectivity index (χ0n) is 8.20. The van der Waals surface area contributed by atoms with E-state index in [0.29, 0.717) is 12.6 Å². The summed E-state index contributed by atoms with van der Waals surface area (Å²) in [6, 6.07) is 0.174. The van der Waals surface area contributed by atoms with Crippen molar-refractivity contribution in [2.24, 2.45) is 17.6 Å². The number of nitrogens with two attached hydrogens (primary N) is 1. The third kappa shape index (κ3) is 1.90. The predicted octanol–water partition coefficient (Wildman–Crippen LogP) is 0.209. The highest BCUT2D eigenvalue weighted by Crippen LogP contribution is 2.42. The summed E-state index contributed by atoms with van der Waals surface area (Å²) < 4.78 is 0. The molecule has 4 heteroatoms. The number of carbonyl (C=O) groups is 1. The summed E-state index contributed by atoms with van der Waals surface area (Å²) in [5.41, 5.74) is 4.95. The Bertz CT molecular complexity index is 252. The Morgan fingerprint density at radius 3 is 3.07 bits per heavy atom. The van der Waals surface area contributed by atoms with Gasteiger partial charge in [-0.2, -0.15) is 0 Å². The second-order valence-corrected chi connectivity index (χ2v) is 4.09. The summed E-state index contributed by atoms with van der Waals surface area (Å²) in [7, 11) is 0. The number of fused-ring (bicyclic) bond motifs is 1. The van der Waals surface area contributed by atoms with Crippen molar-refractivity contribution in [3.05, 3.63) is 12.2 Å². The first-order valence-corrected chi connectivity index (χ1v) is 5.20. The van der Waals surface area contributed by atoms with Crippen molar-refractivity contribution in [1.82, 2.24) is 10.6 Å². The summed E-state index contributed by atoms with van der Waals surface area (Å²) in [5, 5.41) is 5.99. The molecule has 1 saturated carbocycles. The van der Waals surface area contributed by atoms with E-state index in [1.54, 1.807) is 0 Å². The van der Waals surface area contributed by atoms with Gasteiger partial charge in [0.25, 0.3) is 0 Å². The molecular formula is C10H17N3O. The van der Waals surface area contributed by atoms with Crippen molar-refractivity contribution in [3.63, 3.8) is 0 Å². The van der Waals surface area contributed by atoms with Gasteiger partial charge >= 0.3 is 6.03 Å². The SMILES string of the molecule is NC(=O)NCCNC1CC2CC=CC21. The first kappa shape index (κ1) is 9.52. The van der Waals surface area contributed by atoms with E-state index in [1.165, 1.54) is 12.8 Å². The van der Waals surface area contributed by atoms with Gasteiger partial charge in [0.1, 0.15) is 0 Å². The zero-order valence-corrected chi connectivity index (χ0v) is 8.20. The number of amides is 2. The van der Waals surface area contributed by atoms with E-state index < -0.39 is 6.03 Å². The Kier molecular flexibility index (Phi) is 2.72. The second kappa shape index (κ2) is 4.00. The first-order valence-electron chi connectivity index (χ1n) is 5.20. The molecule has 14 heavy (non-hydrogen) atoms. The standard InChI is InChI=1S/C10H17N3O/c11-10(14)13-5-4-12-9-6-7-2-1-3-8(7)9/h1,3,7-9,12H,2,4-6H2,(H3,11,13,14). The molecule has 0 saturated heterocycles. The average molecular weight is 195 g/mol. The van der Waals surface area contributed by atoms with Crippen molar-refractivity contribution in [2.75, 3.05) is 13.1 Å². The molecule has 78 valence electrons. The van der Waals surface area contributed by atoms with E-state index in [-0.39, 0.29) is 0 Å². The lowest BCUT2D eigenvalue weighted by Gasteiger charge is -2.40. The molecule has 2 rings (SSSR count). The minimum absolute atomic E-state index is 0.445. The number of carbonyl (C=O) groups excluding carboxylic acids is 1. The third-order valence-corrected chi connectivity index (χ3v) is 3.19. The molecule has 2 amide bonds. The lowest BCUT2D eigenvalue weighted by molar-refractivity contribution is 0.164. The number of hydrogen-bond acceptors (Lipinski definition) is 2. The van der Waals surface area contributed by atoms with E-state index in [1.807, 2.05) is 0 Å². The molecule has 0 heterocycles. The molecule has 0 aromatic heterocycles. The molecule has 0 bridgehead atoms. The van der Waals surface area contributed by atoms with Gasteiger partial charge < -0.3 is 16.4 Å². The monoisotopic (exact) mass is 195 g/mol. The van der Waals surface area contributed by atoms with Gasteiger partial charge in [-0.1, -0.05) is 12.2 Å². The van der Waals surface area contributed by atoms with Crippen LogP contribution in [-0.2, 0) is 0 Å². The number of urea groups is 1. The molecule has 0 aromatic carbocycles. The van der Waals surface area contributed by atoms with E-state index >= 15 is 0 Å². The Balaban J connectivity index is 1.59.